The fraction of sp³-hybridized carbons (Fsp3) is 0.381. The molecule has 0 bridgehead atoms. The standard InChI is InChI=1S/C21H26N2O3/c1-25-18-8-10-19(11-9-18)26-16-14-22-13-12-21(24)23-15-4-6-17-5-2-3-7-20(17)23/h2-3,5,7-11,22H,4,6,12-16H2,1H3. The molecule has 2 aromatic carbocycles. The van der Waals surface area contributed by atoms with E-state index in [9.17, 15) is 4.79 Å². The lowest BCUT2D eigenvalue weighted by molar-refractivity contribution is -0.118. The molecule has 1 N–H and O–H groups in total. The number of anilines is 1. The molecule has 0 spiro atoms. The Labute approximate surface area is 154 Å². The number of amides is 1. The van der Waals surface area contributed by atoms with Gasteiger partial charge in [0, 0.05) is 31.7 Å². The van der Waals surface area contributed by atoms with E-state index in [1.165, 1.54) is 5.56 Å². The summed E-state index contributed by atoms with van der Waals surface area (Å²) in [6, 6.07) is 15.7. The summed E-state index contributed by atoms with van der Waals surface area (Å²) in [5, 5.41) is 3.27. The minimum atomic E-state index is 0.181. The molecule has 0 aliphatic carbocycles. The highest BCUT2D eigenvalue weighted by molar-refractivity contribution is 5.94. The molecule has 0 radical (unpaired) electrons. The Morgan fingerprint density at radius 2 is 1.85 bits per heavy atom. The molecule has 138 valence electrons. The van der Waals surface area contributed by atoms with Crippen LogP contribution in [0.2, 0.25) is 0 Å². The molecule has 1 aliphatic heterocycles. The van der Waals surface area contributed by atoms with Gasteiger partial charge in [-0.05, 0) is 48.7 Å². The monoisotopic (exact) mass is 354 g/mol. The molecule has 0 aromatic heterocycles. The zero-order valence-corrected chi connectivity index (χ0v) is 15.2. The van der Waals surface area contributed by atoms with Crippen molar-refractivity contribution in [2.24, 2.45) is 0 Å². The summed E-state index contributed by atoms with van der Waals surface area (Å²) in [5.41, 5.74) is 2.35. The second-order valence-electron chi connectivity index (χ2n) is 6.30. The van der Waals surface area contributed by atoms with Crippen LogP contribution in [-0.2, 0) is 11.2 Å². The predicted octanol–water partition coefficient (Wildman–Crippen LogP) is 3.03. The third-order valence-electron chi connectivity index (χ3n) is 4.53. The van der Waals surface area contributed by atoms with Gasteiger partial charge in [0.05, 0.1) is 7.11 Å². The molecule has 0 fully saturated rings. The Kier molecular flexibility index (Phi) is 6.50. The number of para-hydroxylation sites is 1. The van der Waals surface area contributed by atoms with Gasteiger partial charge in [-0.1, -0.05) is 18.2 Å². The largest absolute Gasteiger partial charge is 0.497 e. The Hall–Kier alpha value is -2.53. The summed E-state index contributed by atoms with van der Waals surface area (Å²) in [6.45, 7) is 2.74. The van der Waals surface area contributed by atoms with Gasteiger partial charge in [0.25, 0.3) is 0 Å². The van der Waals surface area contributed by atoms with Crippen LogP contribution in [0.1, 0.15) is 18.4 Å². The van der Waals surface area contributed by atoms with Crippen molar-refractivity contribution in [3.8, 4) is 11.5 Å². The Morgan fingerprint density at radius 3 is 2.65 bits per heavy atom. The second-order valence-corrected chi connectivity index (χ2v) is 6.30. The van der Waals surface area contributed by atoms with E-state index in [1.807, 2.05) is 47.4 Å². The second kappa shape index (κ2) is 9.25. The van der Waals surface area contributed by atoms with Crippen molar-refractivity contribution in [3.63, 3.8) is 0 Å². The lowest BCUT2D eigenvalue weighted by Gasteiger charge is -2.29. The summed E-state index contributed by atoms with van der Waals surface area (Å²) in [5.74, 6) is 1.81. The van der Waals surface area contributed by atoms with Crippen LogP contribution >= 0.6 is 0 Å². The number of ether oxygens (including phenoxy) is 2. The number of nitrogens with one attached hydrogen (secondary N) is 1. The molecule has 0 saturated heterocycles. The normalized spacial score (nSPS) is 13.2. The van der Waals surface area contributed by atoms with Gasteiger partial charge < -0.3 is 19.7 Å². The molecule has 2 aromatic rings. The van der Waals surface area contributed by atoms with E-state index >= 15 is 0 Å². The molecule has 0 unspecified atom stereocenters. The van der Waals surface area contributed by atoms with Crippen LogP contribution in [0.3, 0.4) is 0 Å². The van der Waals surface area contributed by atoms with E-state index < -0.39 is 0 Å². The van der Waals surface area contributed by atoms with Crippen LogP contribution in [0.5, 0.6) is 11.5 Å². The summed E-state index contributed by atoms with van der Waals surface area (Å²) >= 11 is 0. The van der Waals surface area contributed by atoms with Crippen molar-refractivity contribution in [1.29, 1.82) is 0 Å². The Morgan fingerprint density at radius 1 is 1.08 bits per heavy atom. The van der Waals surface area contributed by atoms with Crippen LogP contribution in [-0.4, -0.2) is 39.3 Å². The van der Waals surface area contributed by atoms with Crippen molar-refractivity contribution < 1.29 is 14.3 Å². The summed E-state index contributed by atoms with van der Waals surface area (Å²) in [4.78, 5) is 14.4. The van der Waals surface area contributed by atoms with E-state index in [4.69, 9.17) is 9.47 Å². The average Bonchev–Trinajstić information content (AvgIpc) is 2.70. The highest BCUT2D eigenvalue weighted by atomic mass is 16.5. The third kappa shape index (κ3) is 4.76. The molecule has 26 heavy (non-hydrogen) atoms. The number of rotatable bonds is 8. The van der Waals surface area contributed by atoms with Gasteiger partial charge in [0.2, 0.25) is 5.91 Å². The quantitative estimate of drug-likeness (QED) is 0.741. The first-order valence-corrected chi connectivity index (χ1v) is 9.14. The minimum Gasteiger partial charge on any atom is -0.497 e. The highest BCUT2D eigenvalue weighted by Crippen LogP contribution is 2.27. The van der Waals surface area contributed by atoms with Crippen LogP contribution in [0.4, 0.5) is 5.69 Å². The molecule has 3 rings (SSSR count). The fourth-order valence-corrected chi connectivity index (χ4v) is 3.16. The minimum absolute atomic E-state index is 0.181. The van der Waals surface area contributed by atoms with Crippen molar-refractivity contribution in [2.45, 2.75) is 19.3 Å². The zero-order valence-electron chi connectivity index (χ0n) is 15.2. The number of carbonyl (C=O) groups is 1. The maximum atomic E-state index is 12.5. The number of fused-ring (bicyclic) bond motifs is 1. The average molecular weight is 354 g/mol. The van der Waals surface area contributed by atoms with Gasteiger partial charge in [-0.25, -0.2) is 0 Å². The summed E-state index contributed by atoms with van der Waals surface area (Å²) < 4.78 is 10.8. The topological polar surface area (TPSA) is 50.8 Å². The maximum Gasteiger partial charge on any atom is 0.228 e. The smallest absolute Gasteiger partial charge is 0.228 e. The molecule has 1 aliphatic rings. The predicted molar refractivity (Wildman–Crippen MR) is 103 cm³/mol. The molecular formula is C21H26N2O3. The lowest BCUT2D eigenvalue weighted by atomic mass is 10.0. The Balaban J connectivity index is 1.35. The molecule has 1 amide bonds. The lowest BCUT2D eigenvalue weighted by Crippen LogP contribution is -2.37. The highest BCUT2D eigenvalue weighted by Gasteiger charge is 2.21. The zero-order chi connectivity index (χ0) is 18.2. The maximum absolute atomic E-state index is 12.5. The molecule has 5 nitrogen and oxygen atoms in total. The molecule has 1 heterocycles. The van der Waals surface area contributed by atoms with Crippen molar-refractivity contribution in [2.75, 3.05) is 38.3 Å². The number of hydrogen-bond donors (Lipinski definition) is 1. The van der Waals surface area contributed by atoms with Gasteiger partial charge in [-0.2, -0.15) is 0 Å². The first-order valence-electron chi connectivity index (χ1n) is 9.14. The van der Waals surface area contributed by atoms with Gasteiger partial charge in [-0.3, -0.25) is 4.79 Å². The molecular weight excluding hydrogens is 328 g/mol. The van der Waals surface area contributed by atoms with Crippen molar-refractivity contribution in [3.05, 3.63) is 54.1 Å². The summed E-state index contributed by atoms with van der Waals surface area (Å²) in [7, 11) is 1.64. The first kappa shape index (κ1) is 18.3. The number of carbonyl (C=O) groups excluding carboxylic acids is 1. The number of hydrogen-bond acceptors (Lipinski definition) is 4. The third-order valence-corrected chi connectivity index (χ3v) is 4.53. The van der Waals surface area contributed by atoms with E-state index in [0.29, 0.717) is 26.1 Å². The molecule has 5 heteroatoms. The SMILES string of the molecule is COc1ccc(OCCNCCC(=O)N2CCCc3ccccc32)cc1. The number of benzene rings is 2. The van der Waals surface area contributed by atoms with Gasteiger partial charge in [-0.15, -0.1) is 0 Å². The first-order chi connectivity index (χ1) is 12.8. The summed E-state index contributed by atoms with van der Waals surface area (Å²) in [6.07, 6.45) is 2.59. The number of aryl methyl sites for hydroxylation is 1. The van der Waals surface area contributed by atoms with E-state index in [0.717, 1.165) is 36.6 Å². The van der Waals surface area contributed by atoms with E-state index in [2.05, 4.69) is 11.4 Å². The number of methoxy groups -OCH3 is 1. The van der Waals surface area contributed by atoms with Crippen LogP contribution in [0, 0.1) is 0 Å². The molecule has 0 atom stereocenters. The van der Waals surface area contributed by atoms with Crippen molar-refractivity contribution >= 4 is 11.6 Å². The van der Waals surface area contributed by atoms with Gasteiger partial charge >= 0.3 is 0 Å². The van der Waals surface area contributed by atoms with E-state index in [-0.39, 0.29) is 5.91 Å². The van der Waals surface area contributed by atoms with Crippen molar-refractivity contribution in [1.82, 2.24) is 5.32 Å². The van der Waals surface area contributed by atoms with Gasteiger partial charge in [0.1, 0.15) is 18.1 Å². The van der Waals surface area contributed by atoms with Crippen LogP contribution in [0.25, 0.3) is 0 Å². The van der Waals surface area contributed by atoms with Crippen LogP contribution < -0.4 is 19.7 Å². The van der Waals surface area contributed by atoms with Crippen LogP contribution in [0.15, 0.2) is 48.5 Å². The number of nitrogens with zero attached hydrogens (tertiary/aromatic N) is 1. The van der Waals surface area contributed by atoms with E-state index in [1.54, 1.807) is 7.11 Å². The Bertz CT molecular complexity index is 715. The fourth-order valence-electron chi connectivity index (χ4n) is 3.16. The molecule has 0 saturated carbocycles. The van der Waals surface area contributed by atoms with Gasteiger partial charge in [0.15, 0.2) is 0 Å².